The van der Waals surface area contributed by atoms with E-state index in [9.17, 15) is 0 Å². The van der Waals surface area contributed by atoms with Crippen LogP contribution in [0, 0.1) is 46.0 Å². The van der Waals surface area contributed by atoms with E-state index in [0.717, 1.165) is 44.7 Å². The van der Waals surface area contributed by atoms with Crippen molar-refractivity contribution in [3.05, 3.63) is 95.2 Å². The van der Waals surface area contributed by atoms with Gasteiger partial charge in [-0.15, -0.1) is 25.7 Å². The Morgan fingerprint density at radius 1 is 0.391 bits per heavy atom. The molecule has 2 radical (unpaired) electrons. The second-order valence-corrected chi connectivity index (χ2v) is 17.3. The Kier molecular flexibility index (Phi) is 39.0. The molecule has 0 saturated heterocycles. The molecule has 0 saturated carbocycles. The van der Waals surface area contributed by atoms with E-state index in [1.807, 2.05) is 0 Å². The third-order valence-electron chi connectivity index (χ3n) is 6.01. The van der Waals surface area contributed by atoms with E-state index in [-0.39, 0.29) is 76.5 Å². The summed E-state index contributed by atoms with van der Waals surface area (Å²) < 4.78 is 0. The largest absolute Gasteiger partial charge is 1.00 e. The Morgan fingerprint density at radius 2 is 0.522 bits per heavy atom. The minimum absolute atomic E-state index is 0. The Balaban J connectivity index is -0.000000107. The molecule has 0 aliphatic heterocycles. The van der Waals surface area contributed by atoms with Crippen molar-refractivity contribution in [1.29, 1.82) is 0 Å². The molecule has 4 aliphatic rings. The van der Waals surface area contributed by atoms with Gasteiger partial charge in [-0.25, -0.2) is 46.6 Å². The van der Waals surface area contributed by atoms with E-state index in [1.54, 1.807) is 0 Å². The van der Waals surface area contributed by atoms with E-state index in [0.29, 0.717) is 21.7 Å². The average Bonchev–Trinajstić information content (AvgIpc) is 3.68. The molecule has 0 fully saturated rings. The van der Waals surface area contributed by atoms with Crippen molar-refractivity contribution in [2.24, 2.45) is 21.7 Å². The molecule has 4 rings (SSSR count). The summed E-state index contributed by atoms with van der Waals surface area (Å²) in [7, 11) is 1.50. The summed E-state index contributed by atoms with van der Waals surface area (Å²) in [5.74, 6) is 0. The molecular formula is C40H66Cl2Hf2Si2-6. The minimum atomic E-state index is 0. The van der Waals surface area contributed by atoms with Gasteiger partial charge in [-0.1, -0.05) is 109 Å². The van der Waals surface area contributed by atoms with Gasteiger partial charge in [0.2, 0.25) is 0 Å². The standard InChI is InChI=1S/4C9H13.2C2H7Si.2ClH.2Hf/c4*1-9(2,3)8-6-4-5-7-8;2*1-3-2;;;;/h4*4,6H,5H2,1-3H3;2*3H,1-2H3;2*1H;;/q4*-1;;;;;;/p-2. The van der Waals surface area contributed by atoms with Crippen LogP contribution in [0.4, 0.5) is 0 Å². The van der Waals surface area contributed by atoms with Crippen molar-refractivity contribution in [3.63, 3.8) is 0 Å². The molecule has 0 heterocycles. The van der Waals surface area contributed by atoms with Gasteiger partial charge in [0.05, 0.1) is 0 Å². The number of halogens is 2. The molecule has 0 atom stereocenters. The Labute approximate surface area is 344 Å². The fourth-order valence-corrected chi connectivity index (χ4v) is 3.68. The summed E-state index contributed by atoms with van der Waals surface area (Å²) in [4.78, 5) is 0. The van der Waals surface area contributed by atoms with Crippen LogP contribution in [-0.2, 0) is 51.7 Å². The first kappa shape index (κ1) is 58.9. The van der Waals surface area contributed by atoms with Crippen molar-refractivity contribution in [3.8, 4) is 0 Å². The SMILES string of the molecule is CC(C)(C)C1=[C-]CC=C1.CC(C)(C)C1=[C-]CC=C1.CC(C)(C)C1=[C-]CC=C1.CC(C)(C)C1=[C-]CC=C1.C[SiH]C.C[SiH]C.[Cl-].[Cl-].[Hf].[Hf]. The molecule has 0 aromatic heterocycles. The van der Waals surface area contributed by atoms with Crippen LogP contribution in [0.25, 0.3) is 0 Å². The van der Waals surface area contributed by atoms with Crippen molar-refractivity contribution in [1.82, 2.24) is 0 Å². The molecule has 0 aromatic carbocycles. The molecular weight excluding hydrogens is 964 g/mol. The number of hydrogen-bond donors (Lipinski definition) is 0. The molecule has 262 valence electrons. The van der Waals surface area contributed by atoms with E-state index in [4.69, 9.17) is 0 Å². The van der Waals surface area contributed by atoms with Crippen LogP contribution >= 0.6 is 0 Å². The maximum atomic E-state index is 3.30. The fourth-order valence-electron chi connectivity index (χ4n) is 3.68. The molecule has 0 spiro atoms. The van der Waals surface area contributed by atoms with E-state index >= 15 is 0 Å². The first-order valence-corrected chi connectivity index (χ1v) is 20.5. The van der Waals surface area contributed by atoms with Crippen molar-refractivity contribution < 1.29 is 76.5 Å². The molecule has 4 aliphatic carbocycles. The smallest absolute Gasteiger partial charge is 0.0213 e. The molecule has 0 nitrogen and oxygen atoms in total. The Hall–Kier alpha value is 0.674. The van der Waals surface area contributed by atoms with Crippen LogP contribution in [0.3, 0.4) is 0 Å². The first-order chi connectivity index (χ1) is 19.2. The summed E-state index contributed by atoms with van der Waals surface area (Å²) in [5.41, 5.74) is 6.59. The molecule has 0 N–H and O–H groups in total. The van der Waals surface area contributed by atoms with Crippen LogP contribution in [-0.4, -0.2) is 19.0 Å². The molecule has 6 heteroatoms. The summed E-state index contributed by atoms with van der Waals surface area (Å²) in [5, 5.41) is 0. The normalized spacial score (nSPS) is 15.1. The third-order valence-corrected chi connectivity index (χ3v) is 6.01. The maximum absolute atomic E-state index is 3.30. The molecule has 0 unspecified atom stereocenters. The van der Waals surface area contributed by atoms with Crippen molar-refractivity contribution in [2.75, 3.05) is 0 Å². The fraction of sp³-hybridized carbons (Fsp3) is 0.600. The van der Waals surface area contributed by atoms with Crippen LogP contribution in [0.2, 0.25) is 26.2 Å². The zero-order valence-corrected chi connectivity index (χ0v) is 43.4. The Bertz CT molecular complexity index is 838. The van der Waals surface area contributed by atoms with Gasteiger partial charge in [0.1, 0.15) is 0 Å². The average molecular weight is 1030 g/mol. The molecule has 46 heavy (non-hydrogen) atoms. The summed E-state index contributed by atoms with van der Waals surface area (Å²) in [6.45, 7) is 35.4. The summed E-state index contributed by atoms with van der Waals surface area (Å²) in [6, 6.07) is 0. The number of rotatable bonds is 0. The summed E-state index contributed by atoms with van der Waals surface area (Å²) >= 11 is 0. The maximum Gasteiger partial charge on any atom is 0.0213 e. The van der Waals surface area contributed by atoms with Gasteiger partial charge in [-0.05, 0) is 21.7 Å². The van der Waals surface area contributed by atoms with Crippen LogP contribution in [0.5, 0.6) is 0 Å². The van der Waals surface area contributed by atoms with Gasteiger partial charge < -0.3 is 24.8 Å². The van der Waals surface area contributed by atoms with Gasteiger partial charge in [0.25, 0.3) is 0 Å². The monoisotopic (exact) mass is 1030 g/mol. The van der Waals surface area contributed by atoms with E-state index in [1.165, 1.54) is 22.3 Å². The van der Waals surface area contributed by atoms with Crippen molar-refractivity contribution in [2.45, 2.75) is 135 Å². The van der Waals surface area contributed by atoms with Gasteiger partial charge in [0, 0.05) is 70.7 Å². The molecule has 0 bridgehead atoms. The molecule has 0 amide bonds. The topological polar surface area (TPSA) is 0 Å². The van der Waals surface area contributed by atoms with E-state index in [2.05, 4.69) is 182 Å². The summed E-state index contributed by atoms with van der Waals surface area (Å²) in [6.07, 6.45) is 34.5. The second-order valence-electron chi connectivity index (χ2n) is 14.9. The number of allylic oxidation sites excluding steroid dienone is 16. The zero-order chi connectivity index (χ0) is 33.0. The van der Waals surface area contributed by atoms with Crippen LogP contribution in [0.15, 0.2) is 70.9 Å². The molecule has 0 aromatic rings. The van der Waals surface area contributed by atoms with E-state index < -0.39 is 0 Å². The van der Waals surface area contributed by atoms with Crippen LogP contribution < -0.4 is 24.8 Å². The van der Waals surface area contributed by atoms with Gasteiger partial charge in [-0.2, -0.15) is 24.3 Å². The minimum Gasteiger partial charge on any atom is -1.00 e. The first-order valence-electron chi connectivity index (χ1n) is 15.8. The van der Waals surface area contributed by atoms with Crippen molar-refractivity contribution >= 4 is 19.0 Å². The zero-order valence-electron chi connectivity index (χ0n) is 32.4. The second kappa shape index (κ2) is 30.5. The third kappa shape index (κ3) is 30.7. The Morgan fingerprint density at radius 3 is 0.565 bits per heavy atom. The van der Waals surface area contributed by atoms with Crippen LogP contribution in [0.1, 0.15) is 109 Å². The van der Waals surface area contributed by atoms with Gasteiger partial charge >= 0.3 is 0 Å². The quantitative estimate of drug-likeness (QED) is 0.209. The predicted molar refractivity (Wildman–Crippen MR) is 198 cm³/mol. The van der Waals surface area contributed by atoms with Gasteiger partial charge in [0.15, 0.2) is 0 Å². The predicted octanol–water partition coefficient (Wildman–Crippen LogP) is 5.93. The van der Waals surface area contributed by atoms with Gasteiger partial charge in [-0.3, -0.25) is 24.3 Å². The number of hydrogen-bond acceptors (Lipinski definition) is 0.